The Hall–Kier alpha value is -0.0500. The highest BCUT2D eigenvalue weighted by molar-refractivity contribution is 9.10. The molecular formula is C9H9BrClN. The van der Waals surface area contributed by atoms with Crippen molar-refractivity contribution in [2.24, 2.45) is 0 Å². The van der Waals surface area contributed by atoms with Crippen LogP contribution in [0.5, 0.6) is 0 Å². The van der Waals surface area contributed by atoms with E-state index in [9.17, 15) is 0 Å². The van der Waals surface area contributed by atoms with Gasteiger partial charge in [-0.25, -0.2) is 0 Å². The molecule has 1 nitrogen and oxygen atoms in total. The molecule has 0 spiro atoms. The molecule has 1 aliphatic heterocycles. The molecular weight excluding hydrogens is 237 g/mol. The highest BCUT2D eigenvalue weighted by Gasteiger charge is 2.22. The SMILES string of the molecule is Clc1cccc(Br)c1C1CNC1. The van der Waals surface area contributed by atoms with Crippen LogP contribution in [-0.4, -0.2) is 13.1 Å². The predicted molar refractivity (Wildman–Crippen MR) is 54.8 cm³/mol. The standard InChI is InChI=1S/C9H9BrClN/c10-7-2-1-3-8(11)9(7)6-4-12-5-6/h1-3,6,12H,4-5H2. The summed E-state index contributed by atoms with van der Waals surface area (Å²) in [7, 11) is 0. The van der Waals surface area contributed by atoms with Gasteiger partial charge in [0.1, 0.15) is 0 Å². The Labute approximate surface area is 85.2 Å². The molecule has 64 valence electrons. The van der Waals surface area contributed by atoms with E-state index in [0.717, 1.165) is 22.6 Å². The minimum absolute atomic E-state index is 0.591. The van der Waals surface area contributed by atoms with Crippen LogP contribution >= 0.6 is 27.5 Å². The lowest BCUT2D eigenvalue weighted by Crippen LogP contribution is -2.40. The van der Waals surface area contributed by atoms with E-state index >= 15 is 0 Å². The van der Waals surface area contributed by atoms with Crippen molar-refractivity contribution in [2.75, 3.05) is 13.1 Å². The topological polar surface area (TPSA) is 12.0 Å². The first-order chi connectivity index (χ1) is 5.79. The van der Waals surface area contributed by atoms with Gasteiger partial charge in [0, 0.05) is 28.5 Å². The molecule has 1 N–H and O–H groups in total. The van der Waals surface area contributed by atoms with E-state index in [1.807, 2.05) is 18.2 Å². The second-order valence-electron chi connectivity index (χ2n) is 2.99. The minimum Gasteiger partial charge on any atom is -0.315 e. The number of rotatable bonds is 1. The summed E-state index contributed by atoms with van der Waals surface area (Å²) in [4.78, 5) is 0. The van der Waals surface area contributed by atoms with Gasteiger partial charge in [0.25, 0.3) is 0 Å². The molecule has 1 saturated heterocycles. The van der Waals surface area contributed by atoms with Gasteiger partial charge in [0.05, 0.1) is 0 Å². The van der Waals surface area contributed by atoms with E-state index in [-0.39, 0.29) is 0 Å². The van der Waals surface area contributed by atoms with Crippen molar-refractivity contribution in [3.8, 4) is 0 Å². The Morgan fingerprint density at radius 3 is 2.67 bits per heavy atom. The average Bonchev–Trinajstić information content (AvgIpc) is 1.93. The zero-order valence-electron chi connectivity index (χ0n) is 6.48. The van der Waals surface area contributed by atoms with Gasteiger partial charge in [-0.2, -0.15) is 0 Å². The molecule has 0 atom stereocenters. The molecule has 0 radical (unpaired) electrons. The van der Waals surface area contributed by atoms with Crippen molar-refractivity contribution in [3.63, 3.8) is 0 Å². The molecule has 1 fully saturated rings. The maximum absolute atomic E-state index is 6.08. The summed E-state index contributed by atoms with van der Waals surface area (Å²) >= 11 is 9.59. The summed E-state index contributed by atoms with van der Waals surface area (Å²) in [5.41, 5.74) is 1.25. The van der Waals surface area contributed by atoms with E-state index in [4.69, 9.17) is 11.6 Å². The van der Waals surface area contributed by atoms with Gasteiger partial charge in [0.2, 0.25) is 0 Å². The smallest absolute Gasteiger partial charge is 0.0453 e. The summed E-state index contributed by atoms with van der Waals surface area (Å²) < 4.78 is 1.13. The first-order valence-electron chi connectivity index (χ1n) is 3.93. The van der Waals surface area contributed by atoms with Crippen LogP contribution in [0.15, 0.2) is 22.7 Å². The summed E-state index contributed by atoms with van der Waals surface area (Å²) in [6, 6.07) is 5.95. The second-order valence-corrected chi connectivity index (χ2v) is 4.25. The summed E-state index contributed by atoms with van der Waals surface area (Å²) in [5, 5.41) is 4.11. The van der Waals surface area contributed by atoms with Gasteiger partial charge >= 0.3 is 0 Å². The molecule has 0 unspecified atom stereocenters. The lowest BCUT2D eigenvalue weighted by Gasteiger charge is -2.29. The predicted octanol–water partition coefficient (Wildman–Crippen LogP) is 2.79. The number of hydrogen-bond donors (Lipinski definition) is 1. The Morgan fingerprint density at radius 2 is 2.17 bits per heavy atom. The highest BCUT2D eigenvalue weighted by Crippen LogP contribution is 2.33. The third kappa shape index (κ3) is 1.39. The lowest BCUT2D eigenvalue weighted by molar-refractivity contribution is 0.447. The van der Waals surface area contributed by atoms with Gasteiger partial charge in [-0.3, -0.25) is 0 Å². The molecule has 2 rings (SSSR count). The van der Waals surface area contributed by atoms with E-state index in [1.165, 1.54) is 5.56 Å². The normalized spacial score (nSPS) is 17.5. The highest BCUT2D eigenvalue weighted by atomic mass is 79.9. The monoisotopic (exact) mass is 245 g/mol. The van der Waals surface area contributed by atoms with Crippen LogP contribution < -0.4 is 5.32 Å². The molecule has 1 aromatic carbocycles. The zero-order chi connectivity index (χ0) is 8.55. The van der Waals surface area contributed by atoms with Crippen molar-refractivity contribution in [1.29, 1.82) is 0 Å². The van der Waals surface area contributed by atoms with Crippen LogP contribution in [-0.2, 0) is 0 Å². The molecule has 0 saturated carbocycles. The van der Waals surface area contributed by atoms with Crippen molar-refractivity contribution in [1.82, 2.24) is 5.32 Å². The van der Waals surface area contributed by atoms with Gasteiger partial charge in [0.15, 0.2) is 0 Å². The molecule has 1 aromatic rings. The lowest BCUT2D eigenvalue weighted by atomic mass is 9.94. The van der Waals surface area contributed by atoms with E-state index in [1.54, 1.807) is 0 Å². The van der Waals surface area contributed by atoms with Crippen LogP contribution in [0, 0.1) is 0 Å². The van der Waals surface area contributed by atoms with E-state index in [0.29, 0.717) is 5.92 Å². The summed E-state index contributed by atoms with van der Waals surface area (Å²) in [5.74, 6) is 0.591. The van der Waals surface area contributed by atoms with E-state index in [2.05, 4.69) is 21.2 Å². The molecule has 0 aliphatic carbocycles. The average molecular weight is 247 g/mol. The first kappa shape index (κ1) is 8.54. The van der Waals surface area contributed by atoms with Gasteiger partial charge in [-0.05, 0) is 17.7 Å². The molecule has 12 heavy (non-hydrogen) atoms. The Morgan fingerprint density at radius 1 is 1.42 bits per heavy atom. The number of halogens is 2. The quantitative estimate of drug-likeness (QED) is 0.803. The summed E-state index contributed by atoms with van der Waals surface area (Å²) in [6.07, 6.45) is 0. The Bertz CT molecular complexity index is 276. The summed E-state index contributed by atoms with van der Waals surface area (Å²) in [6.45, 7) is 2.09. The van der Waals surface area contributed by atoms with Crippen LogP contribution in [0.2, 0.25) is 5.02 Å². The Kier molecular flexibility index (Phi) is 2.40. The van der Waals surface area contributed by atoms with Gasteiger partial charge in [-0.1, -0.05) is 33.6 Å². The van der Waals surface area contributed by atoms with Gasteiger partial charge in [-0.15, -0.1) is 0 Å². The third-order valence-corrected chi connectivity index (χ3v) is 3.21. The fourth-order valence-electron chi connectivity index (χ4n) is 1.39. The van der Waals surface area contributed by atoms with Crippen LogP contribution in [0.3, 0.4) is 0 Å². The van der Waals surface area contributed by atoms with Crippen LogP contribution in [0.1, 0.15) is 11.5 Å². The molecule has 0 amide bonds. The van der Waals surface area contributed by atoms with Crippen molar-refractivity contribution in [3.05, 3.63) is 33.3 Å². The number of hydrogen-bond acceptors (Lipinski definition) is 1. The fourth-order valence-corrected chi connectivity index (χ4v) is 2.53. The van der Waals surface area contributed by atoms with Crippen molar-refractivity contribution >= 4 is 27.5 Å². The fraction of sp³-hybridized carbons (Fsp3) is 0.333. The largest absolute Gasteiger partial charge is 0.315 e. The molecule has 1 aliphatic rings. The third-order valence-electron chi connectivity index (χ3n) is 2.19. The maximum Gasteiger partial charge on any atom is 0.0453 e. The van der Waals surface area contributed by atoms with Crippen molar-refractivity contribution < 1.29 is 0 Å². The number of nitrogens with one attached hydrogen (secondary N) is 1. The molecule has 3 heteroatoms. The first-order valence-corrected chi connectivity index (χ1v) is 5.11. The van der Waals surface area contributed by atoms with Gasteiger partial charge < -0.3 is 5.32 Å². The molecule has 1 heterocycles. The van der Waals surface area contributed by atoms with Crippen molar-refractivity contribution in [2.45, 2.75) is 5.92 Å². The second kappa shape index (κ2) is 3.36. The van der Waals surface area contributed by atoms with E-state index < -0.39 is 0 Å². The van der Waals surface area contributed by atoms with Crippen LogP contribution in [0.4, 0.5) is 0 Å². The Balaban J connectivity index is 2.39. The number of benzene rings is 1. The zero-order valence-corrected chi connectivity index (χ0v) is 8.82. The minimum atomic E-state index is 0.591. The molecule has 0 aromatic heterocycles. The van der Waals surface area contributed by atoms with Crippen LogP contribution in [0.25, 0.3) is 0 Å². The molecule has 0 bridgehead atoms. The maximum atomic E-state index is 6.08.